The van der Waals surface area contributed by atoms with E-state index < -0.39 is 11.7 Å². The van der Waals surface area contributed by atoms with Crippen molar-refractivity contribution in [2.75, 3.05) is 27.2 Å². The number of likely N-dealkylation sites (tertiary alicyclic amines) is 1. The molecule has 1 rings (SSSR count). The zero-order chi connectivity index (χ0) is 14.6. The van der Waals surface area contributed by atoms with Crippen LogP contribution in [0.3, 0.4) is 0 Å². The summed E-state index contributed by atoms with van der Waals surface area (Å²) in [5.41, 5.74) is -0.652. The van der Waals surface area contributed by atoms with Crippen LogP contribution in [0, 0.1) is 5.92 Å². The molecule has 0 radical (unpaired) electrons. The molecule has 0 aromatic carbocycles. The first kappa shape index (κ1) is 15.9. The van der Waals surface area contributed by atoms with Gasteiger partial charge in [0.25, 0.3) is 5.91 Å². The van der Waals surface area contributed by atoms with E-state index in [-0.39, 0.29) is 11.8 Å². The molecular weight excluding hydrogens is 248 g/mol. The number of carbonyl (C=O) groups excluding carboxylic acids is 2. The third-order valence-corrected chi connectivity index (χ3v) is 3.01. The third-order valence-electron chi connectivity index (χ3n) is 3.01. The second kappa shape index (κ2) is 6.34. The van der Waals surface area contributed by atoms with Crippen LogP contribution in [0.25, 0.3) is 0 Å². The Labute approximate surface area is 114 Å². The molecule has 0 N–H and O–H groups in total. The number of piperidine rings is 1. The van der Waals surface area contributed by atoms with Crippen molar-refractivity contribution in [2.45, 2.75) is 39.2 Å². The zero-order valence-corrected chi connectivity index (χ0v) is 12.4. The van der Waals surface area contributed by atoms with E-state index >= 15 is 0 Å². The van der Waals surface area contributed by atoms with Crippen LogP contribution in [0.1, 0.15) is 33.6 Å². The summed E-state index contributed by atoms with van der Waals surface area (Å²) < 4.78 is 5.15. The van der Waals surface area contributed by atoms with Gasteiger partial charge in [0.1, 0.15) is 5.60 Å². The van der Waals surface area contributed by atoms with Crippen molar-refractivity contribution in [1.29, 1.82) is 0 Å². The third kappa shape index (κ3) is 4.80. The standard InChI is InChI=1S/C13H24N2O4/c1-13(2,3)19-12(17)15(18-5)11(16)10-6-8-14(4)9-7-10/h10H,6-9H2,1-5H3. The monoisotopic (exact) mass is 272 g/mol. The van der Waals surface area contributed by atoms with Crippen LogP contribution in [-0.2, 0) is 14.4 Å². The minimum Gasteiger partial charge on any atom is -0.442 e. The van der Waals surface area contributed by atoms with E-state index in [1.165, 1.54) is 7.11 Å². The van der Waals surface area contributed by atoms with Crippen LogP contribution < -0.4 is 0 Å². The average Bonchev–Trinajstić information content (AvgIpc) is 2.28. The minimum absolute atomic E-state index is 0.177. The predicted octanol–water partition coefficient (Wildman–Crippen LogP) is 1.65. The lowest BCUT2D eigenvalue weighted by molar-refractivity contribution is -0.175. The molecule has 0 saturated carbocycles. The van der Waals surface area contributed by atoms with Crippen molar-refractivity contribution in [3.8, 4) is 0 Å². The van der Waals surface area contributed by atoms with Gasteiger partial charge < -0.3 is 9.64 Å². The van der Waals surface area contributed by atoms with Gasteiger partial charge >= 0.3 is 6.09 Å². The average molecular weight is 272 g/mol. The molecule has 6 heteroatoms. The summed E-state index contributed by atoms with van der Waals surface area (Å²) in [6.07, 6.45) is 0.717. The van der Waals surface area contributed by atoms with E-state index in [2.05, 4.69) is 4.90 Å². The fraction of sp³-hybridized carbons (Fsp3) is 0.846. The molecule has 1 aliphatic heterocycles. The summed E-state index contributed by atoms with van der Waals surface area (Å²) >= 11 is 0. The second-order valence-electron chi connectivity index (χ2n) is 5.87. The lowest BCUT2D eigenvalue weighted by atomic mass is 9.96. The topological polar surface area (TPSA) is 59.1 Å². The Morgan fingerprint density at radius 1 is 1.21 bits per heavy atom. The Balaban J connectivity index is 2.63. The summed E-state index contributed by atoms with van der Waals surface area (Å²) in [6.45, 7) is 6.95. The normalized spacial score (nSPS) is 18.2. The molecule has 2 amide bonds. The van der Waals surface area contributed by atoms with Gasteiger partial charge in [-0.15, -0.1) is 5.06 Å². The molecule has 0 aromatic rings. The maximum atomic E-state index is 12.2. The SMILES string of the molecule is CON(C(=O)OC(C)(C)C)C(=O)C1CCN(C)CC1. The van der Waals surface area contributed by atoms with Gasteiger partial charge in [-0.1, -0.05) is 0 Å². The van der Waals surface area contributed by atoms with Crippen LogP contribution >= 0.6 is 0 Å². The molecule has 0 bridgehead atoms. The van der Waals surface area contributed by atoms with Crippen LogP contribution in [0.5, 0.6) is 0 Å². The molecule has 0 spiro atoms. The molecule has 1 saturated heterocycles. The van der Waals surface area contributed by atoms with E-state index in [0.29, 0.717) is 0 Å². The van der Waals surface area contributed by atoms with Crippen LogP contribution in [0.15, 0.2) is 0 Å². The largest absolute Gasteiger partial charge is 0.442 e. The lowest BCUT2D eigenvalue weighted by Gasteiger charge is -2.31. The van der Waals surface area contributed by atoms with Gasteiger partial charge in [-0.05, 0) is 53.8 Å². The Bertz CT molecular complexity index is 330. The fourth-order valence-corrected chi connectivity index (χ4v) is 1.98. The molecule has 1 aliphatic rings. The molecule has 1 fully saturated rings. The van der Waals surface area contributed by atoms with Gasteiger partial charge in [0.15, 0.2) is 0 Å². The van der Waals surface area contributed by atoms with E-state index in [4.69, 9.17) is 9.57 Å². The first-order valence-corrected chi connectivity index (χ1v) is 6.54. The number of imide groups is 1. The summed E-state index contributed by atoms with van der Waals surface area (Å²) in [5.74, 6) is -0.492. The quantitative estimate of drug-likeness (QED) is 0.715. The van der Waals surface area contributed by atoms with Gasteiger partial charge in [0.2, 0.25) is 0 Å². The van der Waals surface area contributed by atoms with Crippen LogP contribution in [-0.4, -0.2) is 54.8 Å². The highest BCUT2D eigenvalue weighted by Gasteiger charge is 2.34. The highest BCUT2D eigenvalue weighted by molar-refractivity contribution is 5.92. The number of nitrogens with zero attached hydrogens (tertiary/aromatic N) is 2. The molecule has 19 heavy (non-hydrogen) atoms. The fourth-order valence-electron chi connectivity index (χ4n) is 1.98. The van der Waals surface area contributed by atoms with Crippen LogP contribution in [0.4, 0.5) is 4.79 Å². The molecule has 6 nitrogen and oxygen atoms in total. The van der Waals surface area contributed by atoms with Gasteiger partial charge in [-0.3, -0.25) is 9.63 Å². The number of ether oxygens (including phenoxy) is 1. The molecule has 0 atom stereocenters. The molecule has 110 valence electrons. The summed E-state index contributed by atoms with van der Waals surface area (Å²) in [7, 11) is 3.32. The van der Waals surface area contributed by atoms with Crippen molar-refractivity contribution < 1.29 is 19.2 Å². The van der Waals surface area contributed by atoms with Crippen molar-refractivity contribution in [3.05, 3.63) is 0 Å². The number of hydrogen-bond donors (Lipinski definition) is 0. The zero-order valence-electron chi connectivity index (χ0n) is 12.4. The van der Waals surface area contributed by atoms with E-state index in [0.717, 1.165) is 31.0 Å². The van der Waals surface area contributed by atoms with Gasteiger partial charge in [-0.2, -0.15) is 0 Å². The van der Waals surface area contributed by atoms with Gasteiger partial charge in [0, 0.05) is 5.92 Å². The first-order valence-electron chi connectivity index (χ1n) is 6.54. The molecule has 1 heterocycles. The van der Waals surface area contributed by atoms with E-state index in [1.54, 1.807) is 20.8 Å². The number of amides is 2. The summed E-state index contributed by atoms with van der Waals surface area (Å²) in [4.78, 5) is 31.2. The number of rotatable bonds is 2. The Morgan fingerprint density at radius 2 is 1.74 bits per heavy atom. The molecule has 0 unspecified atom stereocenters. The van der Waals surface area contributed by atoms with Gasteiger partial charge in [-0.25, -0.2) is 4.79 Å². The van der Waals surface area contributed by atoms with Crippen molar-refractivity contribution in [2.24, 2.45) is 5.92 Å². The summed E-state index contributed by atoms with van der Waals surface area (Å²) in [5, 5.41) is 0.737. The van der Waals surface area contributed by atoms with Crippen molar-refractivity contribution in [3.63, 3.8) is 0 Å². The first-order chi connectivity index (χ1) is 8.74. The molecular formula is C13H24N2O4. The highest BCUT2D eigenvalue weighted by Crippen LogP contribution is 2.20. The lowest BCUT2D eigenvalue weighted by Crippen LogP contribution is -2.45. The van der Waals surface area contributed by atoms with E-state index in [9.17, 15) is 9.59 Å². The van der Waals surface area contributed by atoms with Crippen molar-refractivity contribution >= 4 is 12.0 Å². The van der Waals surface area contributed by atoms with Crippen LogP contribution in [0.2, 0.25) is 0 Å². The minimum atomic E-state index is -0.751. The molecule has 0 aliphatic carbocycles. The predicted molar refractivity (Wildman–Crippen MR) is 70.3 cm³/mol. The smallest absolute Gasteiger partial charge is 0.442 e. The second-order valence-corrected chi connectivity index (χ2v) is 5.87. The Morgan fingerprint density at radius 3 is 2.16 bits per heavy atom. The number of hydrogen-bond acceptors (Lipinski definition) is 5. The Kier molecular flexibility index (Phi) is 5.31. The van der Waals surface area contributed by atoms with E-state index in [1.807, 2.05) is 7.05 Å². The van der Waals surface area contributed by atoms with Crippen molar-refractivity contribution in [1.82, 2.24) is 9.96 Å². The van der Waals surface area contributed by atoms with Gasteiger partial charge in [0.05, 0.1) is 7.11 Å². The highest BCUT2D eigenvalue weighted by atomic mass is 16.7. The maximum Gasteiger partial charge on any atom is 0.442 e. The number of hydroxylamine groups is 2. The maximum absolute atomic E-state index is 12.2. The summed E-state index contributed by atoms with van der Waals surface area (Å²) in [6, 6.07) is 0. The Hall–Kier alpha value is -1.14. The number of carbonyl (C=O) groups is 2. The molecule has 0 aromatic heterocycles.